The molecule has 4 atom stereocenters. The van der Waals surface area contributed by atoms with Gasteiger partial charge >= 0.3 is 12.1 Å². The molecule has 0 aromatic heterocycles. The van der Waals surface area contributed by atoms with E-state index in [0.29, 0.717) is 53.8 Å². The molecule has 0 spiro atoms. The van der Waals surface area contributed by atoms with Crippen LogP contribution in [0.1, 0.15) is 95.2 Å². The van der Waals surface area contributed by atoms with Crippen LogP contribution in [0.15, 0.2) is 57.1 Å². The van der Waals surface area contributed by atoms with Gasteiger partial charge in [-0.25, -0.2) is 0 Å². The smallest absolute Gasteiger partial charge is 0.416 e. The predicted molar refractivity (Wildman–Crippen MR) is 161 cm³/mol. The minimum Gasteiger partial charge on any atom is -0.481 e. The number of hydrogen-bond donors (Lipinski definition) is 2. The summed E-state index contributed by atoms with van der Waals surface area (Å²) in [4.78, 5) is 13.5. The fourth-order valence-electron chi connectivity index (χ4n) is 6.82. The van der Waals surface area contributed by atoms with Crippen LogP contribution in [-0.2, 0) is 17.4 Å². The molecule has 1 aliphatic heterocycles. The van der Waals surface area contributed by atoms with Gasteiger partial charge in [0.2, 0.25) is 5.84 Å². The summed E-state index contributed by atoms with van der Waals surface area (Å²) < 4.78 is 40.3. The Kier molecular flexibility index (Phi) is 10.8. The van der Waals surface area contributed by atoms with Gasteiger partial charge in [0, 0.05) is 31.1 Å². The van der Waals surface area contributed by atoms with Crippen molar-refractivity contribution in [1.82, 2.24) is 4.90 Å². The van der Waals surface area contributed by atoms with Crippen molar-refractivity contribution < 1.29 is 28.2 Å². The summed E-state index contributed by atoms with van der Waals surface area (Å²) in [6.45, 7) is 10.5. The summed E-state index contributed by atoms with van der Waals surface area (Å²) in [6.07, 6.45) is 8.41. The lowest BCUT2D eigenvalue weighted by Crippen LogP contribution is -3.01. The fourth-order valence-corrected chi connectivity index (χ4v) is 6.82. The number of halogens is 3. The predicted octanol–water partition coefficient (Wildman–Crippen LogP) is 7.15. The second-order valence-corrected chi connectivity index (χ2v) is 12.6. The fraction of sp³-hybridized carbons (Fsp3) is 0.636. The summed E-state index contributed by atoms with van der Waals surface area (Å²) in [5, 5.41) is 23.3. The van der Waals surface area contributed by atoms with Crippen LogP contribution in [0.25, 0.3) is 0 Å². The third-order valence-electron chi connectivity index (χ3n) is 9.21. The average molecular weight is 603 g/mol. The molecule has 10 heteroatoms. The number of nitrogens with one attached hydrogen (secondary N) is 1. The lowest BCUT2D eigenvalue weighted by Gasteiger charge is -2.38. The number of unbranched alkanes of at least 4 members (excludes halogenated alkanes) is 1. The molecular formula is C33H47F3N5O2+. The SMILES string of the molecule is CCN(CCCCC(=O)O)C1=CC2(C)CCCC2C=C1CC(CCCc1cc(C)cc(C(F)(F)F)c1)C1=N[NH+](CC)N=N1. The zero-order valence-electron chi connectivity index (χ0n) is 26.0. The largest absolute Gasteiger partial charge is 0.481 e. The van der Waals surface area contributed by atoms with Gasteiger partial charge in [-0.15, -0.1) is 0 Å². The van der Waals surface area contributed by atoms with Gasteiger partial charge in [-0.1, -0.05) is 47.4 Å². The van der Waals surface area contributed by atoms with Gasteiger partial charge in [0.05, 0.1) is 10.8 Å². The Balaban J connectivity index is 1.55. The van der Waals surface area contributed by atoms with Crippen molar-refractivity contribution in [1.29, 1.82) is 0 Å². The van der Waals surface area contributed by atoms with E-state index in [4.69, 9.17) is 10.2 Å². The molecule has 0 amide bonds. The Morgan fingerprint density at radius 2 is 2.00 bits per heavy atom. The summed E-state index contributed by atoms with van der Waals surface area (Å²) in [5.74, 6) is 0.405. The van der Waals surface area contributed by atoms with E-state index in [9.17, 15) is 18.0 Å². The molecule has 2 aliphatic carbocycles. The summed E-state index contributed by atoms with van der Waals surface area (Å²) >= 11 is 0. The van der Waals surface area contributed by atoms with Crippen molar-refractivity contribution in [3.8, 4) is 0 Å². The van der Waals surface area contributed by atoms with Gasteiger partial charge < -0.3 is 10.0 Å². The lowest BCUT2D eigenvalue weighted by molar-refractivity contribution is -0.913. The van der Waals surface area contributed by atoms with Crippen LogP contribution in [0.2, 0.25) is 0 Å². The van der Waals surface area contributed by atoms with Crippen molar-refractivity contribution in [3.05, 3.63) is 58.3 Å². The molecule has 7 nitrogen and oxygen atoms in total. The van der Waals surface area contributed by atoms with Crippen LogP contribution in [0, 0.1) is 24.2 Å². The number of rotatable bonds is 15. The standard InChI is InChI=1S/C33H46F3N5O2/c1-5-40(16-8-7-14-30(42)43)29-22-32(4)15-10-13-27(32)21-26(29)20-25(31-37-39-41(6-2)38-31)12-9-11-24-17-23(3)18-28(19-24)33(34,35)36/h17-19,21-22,25,27H,5-16,20H2,1-4H3,(H,42,43)/p+1. The number of likely N-dealkylation sites (N-methyl/N-ethyl adjacent to an activating group) is 1. The molecule has 43 heavy (non-hydrogen) atoms. The number of alkyl halides is 3. The van der Waals surface area contributed by atoms with E-state index in [2.05, 4.69) is 41.2 Å². The molecule has 236 valence electrons. The number of hydrogen-bond acceptors (Lipinski definition) is 5. The molecule has 1 saturated carbocycles. The molecule has 4 unspecified atom stereocenters. The van der Waals surface area contributed by atoms with Crippen LogP contribution in [0.3, 0.4) is 0 Å². The maximum absolute atomic E-state index is 13.4. The molecule has 0 radical (unpaired) electrons. The van der Waals surface area contributed by atoms with Gasteiger partial charge in [0.15, 0.2) is 0 Å². The quantitative estimate of drug-likeness (QED) is 0.209. The molecule has 2 N–H and O–H groups in total. The first-order chi connectivity index (χ1) is 20.4. The second-order valence-electron chi connectivity index (χ2n) is 12.6. The minimum absolute atomic E-state index is 0.00850. The Labute approximate surface area is 253 Å². The van der Waals surface area contributed by atoms with Gasteiger partial charge in [-0.3, -0.25) is 4.79 Å². The normalized spacial score (nSPS) is 23.9. The van der Waals surface area contributed by atoms with Crippen LogP contribution in [0.4, 0.5) is 13.2 Å². The number of aryl methyl sites for hydroxylation is 2. The van der Waals surface area contributed by atoms with Crippen molar-refractivity contribution in [2.45, 2.75) is 98.1 Å². The van der Waals surface area contributed by atoms with Crippen LogP contribution in [-0.4, -0.2) is 41.4 Å². The topological polar surface area (TPSA) is 82.1 Å². The number of carboxylic acids is 1. The first kappa shape index (κ1) is 32.9. The molecule has 1 fully saturated rings. The van der Waals surface area contributed by atoms with Crippen molar-refractivity contribution in [2.75, 3.05) is 19.6 Å². The van der Waals surface area contributed by atoms with E-state index in [-0.39, 0.29) is 17.8 Å². The third-order valence-corrected chi connectivity index (χ3v) is 9.21. The number of quaternary nitrogens is 1. The van der Waals surface area contributed by atoms with E-state index in [0.717, 1.165) is 45.2 Å². The number of fused-ring (bicyclic) bond motifs is 1. The highest BCUT2D eigenvalue weighted by Crippen LogP contribution is 2.50. The van der Waals surface area contributed by atoms with Gasteiger partial charge in [0.25, 0.3) is 0 Å². The number of amidine groups is 1. The van der Waals surface area contributed by atoms with E-state index >= 15 is 0 Å². The van der Waals surface area contributed by atoms with Gasteiger partial charge in [-0.2, -0.15) is 13.2 Å². The third kappa shape index (κ3) is 8.55. The molecular weight excluding hydrogens is 555 g/mol. The maximum Gasteiger partial charge on any atom is 0.416 e. The van der Waals surface area contributed by atoms with Crippen molar-refractivity contribution in [3.63, 3.8) is 0 Å². The highest BCUT2D eigenvalue weighted by Gasteiger charge is 2.41. The number of aliphatic carboxylic acids is 1. The first-order valence-electron chi connectivity index (χ1n) is 15.9. The monoisotopic (exact) mass is 602 g/mol. The molecule has 4 rings (SSSR count). The van der Waals surface area contributed by atoms with Crippen LogP contribution >= 0.6 is 0 Å². The Morgan fingerprint density at radius 1 is 1.21 bits per heavy atom. The van der Waals surface area contributed by atoms with E-state index < -0.39 is 17.7 Å². The second kappa shape index (κ2) is 14.2. The number of allylic oxidation sites excluding steroid dienone is 3. The van der Waals surface area contributed by atoms with Gasteiger partial charge in [-0.05, 0) is 112 Å². The minimum atomic E-state index is -4.36. The van der Waals surface area contributed by atoms with E-state index in [1.54, 1.807) is 6.92 Å². The Morgan fingerprint density at radius 3 is 2.67 bits per heavy atom. The number of nitrogens with zero attached hydrogens (tertiary/aromatic N) is 4. The van der Waals surface area contributed by atoms with Crippen molar-refractivity contribution in [2.24, 2.45) is 32.7 Å². The van der Waals surface area contributed by atoms with Crippen molar-refractivity contribution >= 4 is 11.8 Å². The maximum atomic E-state index is 13.4. The van der Waals surface area contributed by atoms with Crippen LogP contribution < -0.4 is 5.12 Å². The van der Waals surface area contributed by atoms with E-state index in [1.807, 2.05) is 13.0 Å². The first-order valence-corrected chi connectivity index (χ1v) is 15.9. The highest BCUT2D eigenvalue weighted by molar-refractivity contribution is 5.85. The van der Waals surface area contributed by atoms with Crippen LogP contribution in [0.5, 0.6) is 0 Å². The summed E-state index contributed by atoms with van der Waals surface area (Å²) in [7, 11) is 0. The Bertz CT molecular complexity index is 1270. The van der Waals surface area contributed by atoms with E-state index in [1.165, 1.54) is 29.8 Å². The summed E-state index contributed by atoms with van der Waals surface area (Å²) in [6, 6.07) is 4.31. The molecule has 0 saturated heterocycles. The zero-order valence-corrected chi connectivity index (χ0v) is 26.0. The summed E-state index contributed by atoms with van der Waals surface area (Å²) in [5.41, 5.74) is 3.32. The lowest BCUT2D eigenvalue weighted by atomic mass is 9.72. The number of carbonyl (C=O) groups is 1. The molecule has 3 aliphatic rings. The molecule has 1 aromatic carbocycles. The zero-order chi connectivity index (χ0) is 31.2. The Hall–Kier alpha value is -3.01. The highest BCUT2D eigenvalue weighted by atomic mass is 19.4. The average Bonchev–Trinajstić information content (AvgIpc) is 3.57. The van der Waals surface area contributed by atoms with Gasteiger partial charge in [0.1, 0.15) is 6.54 Å². The molecule has 1 heterocycles. The number of carboxylic acid groups (broad SMARTS) is 1. The number of benzene rings is 1. The molecule has 1 aromatic rings. The molecule has 0 bridgehead atoms.